The molecule has 2 heteroatoms. The lowest BCUT2D eigenvalue weighted by Crippen LogP contribution is -2.25. The molecular formula is C7H15ClO. The predicted octanol–water partition coefficient (Wildman–Crippen LogP) is 2.63. The summed E-state index contributed by atoms with van der Waals surface area (Å²) >= 11 is 5.38. The Morgan fingerprint density at radius 3 is 2.00 bits per heavy atom. The summed E-state index contributed by atoms with van der Waals surface area (Å²) in [5.41, 5.74) is 0.203. The number of hydrogen-bond acceptors (Lipinski definition) is 1. The van der Waals surface area contributed by atoms with Crippen molar-refractivity contribution in [1.29, 1.82) is 0 Å². The SMILES string of the molecule is CC(OCCl)C(C)(C)C. The minimum atomic E-state index is 0.203. The zero-order chi connectivity index (χ0) is 7.49. The highest BCUT2D eigenvalue weighted by Gasteiger charge is 2.19. The van der Waals surface area contributed by atoms with Gasteiger partial charge in [-0.05, 0) is 12.3 Å². The van der Waals surface area contributed by atoms with Gasteiger partial charge in [0.1, 0.15) is 6.07 Å². The summed E-state index contributed by atoms with van der Waals surface area (Å²) < 4.78 is 5.17. The molecule has 0 heterocycles. The molecule has 0 aliphatic carbocycles. The van der Waals surface area contributed by atoms with Crippen LogP contribution < -0.4 is 0 Å². The van der Waals surface area contributed by atoms with Gasteiger partial charge in [-0.15, -0.1) is 0 Å². The largest absolute Gasteiger partial charge is 0.362 e. The van der Waals surface area contributed by atoms with Crippen LogP contribution in [0, 0.1) is 5.41 Å². The molecule has 0 spiro atoms. The number of hydrogen-bond donors (Lipinski definition) is 0. The lowest BCUT2D eigenvalue weighted by atomic mass is 9.90. The molecule has 9 heavy (non-hydrogen) atoms. The van der Waals surface area contributed by atoms with Crippen molar-refractivity contribution >= 4 is 11.6 Å². The van der Waals surface area contributed by atoms with E-state index in [2.05, 4.69) is 20.8 Å². The minimum absolute atomic E-state index is 0.203. The maximum Gasteiger partial charge on any atom is 0.121 e. The predicted molar refractivity (Wildman–Crippen MR) is 40.7 cm³/mol. The van der Waals surface area contributed by atoms with Gasteiger partial charge in [-0.1, -0.05) is 32.4 Å². The molecule has 1 nitrogen and oxygen atoms in total. The molecule has 0 radical (unpaired) electrons. The first kappa shape index (κ1) is 9.25. The van der Waals surface area contributed by atoms with Crippen molar-refractivity contribution in [1.82, 2.24) is 0 Å². The highest BCUT2D eigenvalue weighted by Crippen LogP contribution is 2.21. The lowest BCUT2D eigenvalue weighted by Gasteiger charge is -2.25. The summed E-state index contributed by atoms with van der Waals surface area (Å²) in [7, 11) is 0. The molecule has 1 atom stereocenters. The molecule has 0 fully saturated rings. The molecule has 0 N–H and O–H groups in total. The van der Waals surface area contributed by atoms with Gasteiger partial charge in [-0.3, -0.25) is 0 Å². The minimum Gasteiger partial charge on any atom is -0.362 e. The van der Waals surface area contributed by atoms with Crippen LogP contribution in [0.2, 0.25) is 0 Å². The number of alkyl halides is 1. The van der Waals surface area contributed by atoms with Crippen molar-refractivity contribution in [3.05, 3.63) is 0 Å². The van der Waals surface area contributed by atoms with Crippen LogP contribution in [-0.2, 0) is 4.74 Å². The van der Waals surface area contributed by atoms with E-state index < -0.39 is 0 Å². The molecule has 0 aliphatic heterocycles. The lowest BCUT2D eigenvalue weighted by molar-refractivity contribution is 0.0200. The van der Waals surface area contributed by atoms with Gasteiger partial charge in [0, 0.05) is 0 Å². The average molecular weight is 151 g/mol. The van der Waals surface area contributed by atoms with E-state index in [1.165, 1.54) is 0 Å². The quantitative estimate of drug-likeness (QED) is 0.550. The Kier molecular flexibility index (Phi) is 3.52. The fourth-order valence-corrected chi connectivity index (χ4v) is 0.533. The molecule has 0 aromatic carbocycles. The van der Waals surface area contributed by atoms with E-state index in [0.717, 1.165) is 0 Å². The van der Waals surface area contributed by atoms with Crippen molar-refractivity contribution in [2.75, 3.05) is 6.07 Å². The topological polar surface area (TPSA) is 9.23 Å². The van der Waals surface area contributed by atoms with E-state index in [1.807, 2.05) is 6.92 Å². The Labute approximate surface area is 62.3 Å². The number of ether oxygens (including phenoxy) is 1. The Morgan fingerprint density at radius 1 is 1.44 bits per heavy atom. The van der Waals surface area contributed by atoms with Crippen LogP contribution in [0.3, 0.4) is 0 Å². The zero-order valence-electron chi connectivity index (χ0n) is 6.57. The van der Waals surface area contributed by atoms with Gasteiger partial charge in [0.15, 0.2) is 0 Å². The monoisotopic (exact) mass is 150 g/mol. The van der Waals surface area contributed by atoms with Crippen molar-refractivity contribution in [2.45, 2.75) is 33.8 Å². The normalized spacial score (nSPS) is 15.7. The Hall–Kier alpha value is 0.250. The van der Waals surface area contributed by atoms with Crippen LogP contribution in [0.1, 0.15) is 27.7 Å². The number of halogens is 1. The van der Waals surface area contributed by atoms with E-state index in [4.69, 9.17) is 16.3 Å². The van der Waals surface area contributed by atoms with E-state index in [0.29, 0.717) is 6.07 Å². The molecular weight excluding hydrogens is 136 g/mol. The molecule has 56 valence electrons. The summed E-state index contributed by atoms with van der Waals surface area (Å²) in [6.07, 6.45) is 0.231. The van der Waals surface area contributed by atoms with Crippen LogP contribution in [-0.4, -0.2) is 12.2 Å². The second-order valence-corrected chi connectivity index (χ2v) is 3.50. The highest BCUT2D eigenvalue weighted by atomic mass is 35.5. The first-order valence-electron chi connectivity index (χ1n) is 3.16. The summed E-state index contributed by atoms with van der Waals surface area (Å²) in [6, 6.07) is 0.290. The van der Waals surface area contributed by atoms with Crippen LogP contribution in [0.5, 0.6) is 0 Å². The third-order valence-corrected chi connectivity index (χ3v) is 1.66. The van der Waals surface area contributed by atoms with Gasteiger partial charge in [0.2, 0.25) is 0 Å². The molecule has 0 bridgehead atoms. The van der Waals surface area contributed by atoms with Gasteiger partial charge >= 0.3 is 0 Å². The third kappa shape index (κ3) is 3.77. The molecule has 0 saturated carbocycles. The van der Waals surface area contributed by atoms with E-state index >= 15 is 0 Å². The summed E-state index contributed by atoms with van der Waals surface area (Å²) in [4.78, 5) is 0. The Bertz CT molecular complexity index is 75.5. The van der Waals surface area contributed by atoms with Gasteiger partial charge in [0.05, 0.1) is 6.10 Å². The maximum absolute atomic E-state index is 5.38. The average Bonchev–Trinajstić information content (AvgIpc) is 1.64. The zero-order valence-corrected chi connectivity index (χ0v) is 7.33. The number of rotatable bonds is 2. The third-order valence-electron chi connectivity index (χ3n) is 1.53. The fourth-order valence-electron chi connectivity index (χ4n) is 0.344. The van der Waals surface area contributed by atoms with Crippen LogP contribution in [0.15, 0.2) is 0 Å². The summed E-state index contributed by atoms with van der Waals surface area (Å²) in [6.45, 7) is 8.42. The van der Waals surface area contributed by atoms with Crippen molar-refractivity contribution in [2.24, 2.45) is 5.41 Å². The smallest absolute Gasteiger partial charge is 0.121 e. The van der Waals surface area contributed by atoms with Crippen LogP contribution in [0.25, 0.3) is 0 Å². The van der Waals surface area contributed by atoms with Gasteiger partial charge in [0.25, 0.3) is 0 Å². The Morgan fingerprint density at radius 2 is 1.89 bits per heavy atom. The van der Waals surface area contributed by atoms with E-state index in [1.54, 1.807) is 0 Å². The first-order valence-corrected chi connectivity index (χ1v) is 3.69. The standard InChI is InChI=1S/C7H15ClO/c1-6(9-5-8)7(2,3)4/h6H,5H2,1-4H3. The molecule has 1 unspecified atom stereocenters. The van der Waals surface area contributed by atoms with Gasteiger partial charge < -0.3 is 4.74 Å². The molecule has 0 aromatic rings. The van der Waals surface area contributed by atoms with E-state index in [-0.39, 0.29) is 11.5 Å². The maximum atomic E-state index is 5.38. The van der Waals surface area contributed by atoms with Crippen LogP contribution >= 0.6 is 11.6 Å². The molecule has 0 amide bonds. The second-order valence-electron chi connectivity index (χ2n) is 3.28. The molecule has 0 aromatic heterocycles. The van der Waals surface area contributed by atoms with Crippen LogP contribution in [0.4, 0.5) is 0 Å². The first-order chi connectivity index (χ1) is 3.98. The van der Waals surface area contributed by atoms with E-state index in [9.17, 15) is 0 Å². The fraction of sp³-hybridized carbons (Fsp3) is 1.00. The summed E-state index contributed by atoms with van der Waals surface area (Å²) in [5.74, 6) is 0. The van der Waals surface area contributed by atoms with Crippen molar-refractivity contribution in [3.63, 3.8) is 0 Å². The Balaban J connectivity index is 3.59. The molecule has 0 saturated heterocycles. The molecule has 0 aliphatic rings. The van der Waals surface area contributed by atoms with Crippen molar-refractivity contribution < 1.29 is 4.74 Å². The second kappa shape index (κ2) is 3.43. The van der Waals surface area contributed by atoms with Crippen molar-refractivity contribution in [3.8, 4) is 0 Å². The highest BCUT2D eigenvalue weighted by molar-refractivity contribution is 6.17. The molecule has 0 rings (SSSR count). The van der Waals surface area contributed by atoms with Gasteiger partial charge in [-0.2, -0.15) is 0 Å². The van der Waals surface area contributed by atoms with Gasteiger partial charge in [-0.25, -0.2) is 0 Å². The summed E-state index contributed by atoms with van der Waals surface area (Å²) in [5, 5.41) is 0.